The van der Waals surface area contributed by atoms with E-state index in [2.05, 4.69) is 113 Å². The number of fused-ring (bicyclic) bond motifs is 11. The molecule has 0 fully saturated rings. The van der Waals surface area contributed by atoms with Gasteiger partial charge in [0.05, 0.1) is 28.5 Å². The summed E-state index contributed by atoms with van der Waals surface area (Å²) in [6.07, 6.45) is 8.48. The number of rotatable bonds is 1. The van der Waals surface area contributed by atoms with Crippen LogP contribution in [0.1, 0.15) is 0 Å². The van der Waals surface area contributed by atoms with Gasteiger partial charge in [0, 0.05) is 36.3 Å². The van der Waals surface area contributed by atoms with E-state index in [0.29, 0.717) is 0 Å². The van der Waals surface area contributed by atoms with E-state index < -0.39 is 0 Å². The Kier molecular flexibility index (Phi) is 3.47. The highest BCUT2D eigenvalue weighted by molar-refractivity contribution is 7.26. The van der Waals surface area contributed by atoms with Crippen molar-refractivity contribution in [3.63, 3.8) is 0 Å². The molecule has 1 N–H and O–H groups in total. The van der Waals surface area contributed by atoms with Crippen LogP contribution in [0, 0.1) is 0 Å². The highest BCUT2D eigenvalue weighted by Crippen LogP contribution is 2.51. The Morgan fingerprint density at radius 2 is 1.64 bits per heavy atom. The van der Waals surface area contributed by atoms with Crippen molar-refractivity contribution in [2.24, 2.45) is 4.99 Å². The van der Waals surface area contributed by atoms with Gasteiger partial charge in [-0.25, -0.2) is 4.99 Å². The lowest BCUT2D eigenvalue weighted by Crippen LogP contribution is -2.29. The number of aliphatic imine (C=N–C) groups is 1. The number of aromatic nitrogens is 1. The minimum absolute atomic E-state index is 0.113. The number of anilines is 1. The van der Waals surface area contributed by atoms with Gasteiger partial charge in [-0.15, -0.1) is 11.3 Å². The molecule has 0 amide bonds. The maximum atomic E-state index is 5.21. The van der Waals surface area contributed by atoms with Crippen molar-refractivity contribution in [1.29, 1.82) is 0 Å². The van der Waals surface area contributed by atoms with Gasteiger partial charge in [0.1, 0.15) is 0 Å². The zero-order valence-electron chi connectivity index (χ0n) is 19.2. The SMILES string of the molecule is C1=CC2=Nc3c(c4cc5sc6ccccc6c5c5c6cc(-c7ccccc7)ccc6n3c45)NC2C=C1. The zero-order chi connectivity index (χ0) is 23.4. The highest BCUT2D eigenvalue weighted by atomic mass is 32.1. The summed E-state index contributed by atoms with van der Waals surface area (Å²) < 4.78 is 5.05. The summed E-state index contributed by atoms with van der Waals surface area (Å²) in [4.78, 5) is 5.21. The minimum Gasteiger partial charge on any atom is -0.370 e. The molecule has 3 aromatic heterocycles. The summed E-state index contributed by atoms with van der Waals surface area (Å²) in [6.45, 7) is 0. The standard InChI is InChI=1S/C32H19N3S/c1-2-8-18(9-3-1)19-14-15-25-21(16-19)29-28-20-10-4-7-13-26(20)36-27(28)17-22-30-32(35(25)31(22)29)34-24-12-6-5-11-23(24)33-30/h1-17,23,33H. The van der Waals surface area contributed by atoms with Gasteiger partial charge in [0.15, 0.2) is 5.82 Å². The molecule has 0 saturated carbocycles. The fraction of sp³-hybridized carbons (Fsp3) is 0.0312. The van der Waals surface area contributed by atoms with Crippen molar-refractivity contribution in [2.45, 2.75) is 6.04 Å². The number of nitrogens with zero attached hydrogens (tertiary/aromatic N) is 2. The van der Waals surface area contributed by atoms with Gasteiger partial charge in [-0.05, 0) is 41.5 Å². The number of hydrogen-bond acceptors (Lipinski definition) is 3. The normalized spacial score (nSPS) is 16.8. The monoisotopic (exact) mass is 477 g/mol. The van der Waals surface area contributed by atoms with E-state index in [-0.39, 0.29) is 6.04 Å². The molecule has 1 aliphatic heterocycles. The maximum absolute atomic E-state index is 5.21. The van der Waals surface area contributed by atoms with Gasteiger partial charge in [-0.3, -0.25) is 4.40 Å². The van der Waals surface area contributed by atoms with Crippen LogP contribution in [-0.2, 0) is 0 Å². The second-order valence-corrected chi connectivity index (χ2v) is 10.7. The van der Waals surface area contributed by atoms with E-state index in [1.54, 1.807) is 0 Å². The van der Waals surface area contributed by atoms with Gasteiger partial charge in [0.2, 0.25) is 0 Å². The minimum atomic E-state index is 0.113. The first-order valence-electron chi connectivity index (χ1n) is 12.3. The molecule has 1 aliphatic carbocycles. The van der Waals surface area contributed by atoms with Crippen molar-refractivity contribution < 1.29 is 0 Å². The fourth-order valence-corrected chi connectivity index (χ4v) is 7.32. The van der Waals surface area contributed by atoms with E-state index >= 15 is 0 Å². The molecule has 0 radical (unpaired) electrons. The molecule has 4 heteroatoms. The van der Waals surface area contributed by atoms with Gasteiger partial charge in [0.25, 0.3) is 0 Å². The second kappa shape index (κ2) is 6.62. The lowest BCUT2D eigenvalue weighted by Gasteiger charge is -2.23. The topological polar surface area (TPSA) is 28.8 Å². The molecule has 4 aromatic carbocycles. The molecule has 1 unspecified atom stereocenters. The number of thiophene rings is 1. The third-order valence-electron chi connectivity index (χ3n) is 7.72. The van der Waals surface area contributed by atoms with Crippen molar-refractivity contribution in [3.8, 4) is 11.1 Å². The molecule has 0 bridgehead atoms. The van der Waals surface area contributed by atoms with Gasteiger partial charge in [-0.2, -0.15) is 0 Å². The largest absolute Gasteiger partial charge is 0.370 e. The lowest BCUT2D eigenvalue weighted by atomic mass is 9.99. The van der Waals surface area contributed by atoms with Crippen molar-refractivity contribution in [3.05, 3.63) is 103 Å². The Hall–Kier alpha value is -4.41. The van der Waals surface area contributed by atoms with Crippen molar-refractivity contribution in [2.75, 3.05) is 5.32 Å². The highest BCUT2D eigenvalue weighted by Gasteiger charge is 2.30. The molecule has 168 valence electrons. The molecule has 3 nitrogen and oxygen atoms in total. The lowest BCUT2D eigenvalue weighted by molar-refractivity contribution is 1.11. The van der Waals surface area contributed by atoms with Crippen molar-refractivity contribution in [1.82, 2.24) is 4.40 Å². The number of hydrogen-bond donors (Lipinski definition) is 1. The van der Waals surface area contributed by atoms with E-state index in [0.717, 1.165) is 17.2 Å². The van der Waals surface area contributed by atoms with E-state index in [1.807, 2.05) is 11.3 Å². The molecule has 0 spiro atoms. The molecule has 0 saturated heterocycles. The average molecular weight is 478 g/mol. The Balaban J connectivity index is 1.51. The summed E-state index contributed by atoms with van der Waals surface area (Å²) in [7, 11) is 0. The van der Waals surface area contributed by atoms with Crippen LogP contribution in [0.3, 0.4) is 0 Å². The molecule has 2 aliphatic rings. The fourth-order valence-electron chi connectivity index (χ4n) is 6.16. The smallest absolute Gasteiger partial charge is 0.162 e. The molecule has 4 heterocycles. The summed E-state index contributed by atoms with van der Waals surface area (Å²) in [6, 6.07) is 28.9. The third-order valence-corrected chi connectivity index (χ3v) is 8.84. The van der Waals surface area contributed by atoms with Gasteiger partial charge < -0.3 is 5.32 Å². The first-order chi connectivity index (χ1) is 17.8. The Morgan fingerprint density at radius 1 is 0.750 bits per heavy atom. The summed E-state index contributed by atoms with van der Waals surface area (Å²) in [5.41, 5.74) is 7.15. The molecular weight excluding hydrogens is 458 g/mol. The first kappa shape index (κ1) is 18.9. The molecule has 7 aromatic rings. The number of allylic oxidation sites excluding steroid dienone is 2. The van der Waals surface area contributed by atoms with Crippen LogP contribution in [0.5, 0.6) is 0 Å². The quantitative estimate of drug-likeness (QED) is 0.252. The Bertz CT molecular complexity index is 2120. The third kappa shape index (κ3) is 2.30. The van der Waals surface area contributed by atoms with Crippen molar-refractivity contribution >= 4 is 75.9 Å². The van der Waals surface area contributed by atoms with Gasteiger partial charge >= 0.3 is 0 Å². The Labute approximate surface area is 210 Å². The Morgan fingerprint density at radius 3 is 2.58 bits per heavy atom. The second-order valence-electron chi connectivity index (χ2n) is 9.65. The molecule has 36 heavy (non-hydrogen) atoms. The number of benzene rings is 4. The van der Waals surface area contributed by atoms with E-state index in [4.69, 9.17) is 4.99 Å². The van der Waals surface area contributed by atoms with Crippen LogP contribution in [0.25, 0.3) is 58.5 Å². The maximum Gasteiger partial charge on any atom is 0.162 e. The summed E-state index contributed by atoms with van der Waals surface area (Å²) in [5.74, 6) is 1.01. The molecule has 9 rings (SSSR count). The zero-order valence-corrected chi connectivity index (χ0v) is 20.0. The predicted molar refractivity (Wildman–Crippen MR) is 155 cm³/mol. The first-order valence-corrected chi connectivity index (χ1v) is 13.1. The molecule has 1 atom stereocenters. The van der Waals surface area contributed by atoms with E-state index in [9.17, 15) is 0 Å². The van der Waals surface area contributed by atoms with Crippen LogP contribution in [0.15, 0.2) is 108 Å². The van der Waals surface area contributed by atoms with E-state index in [1.165, 1.54) is 58.5 Å². The van der Waals surface area contributed by atoms with Crippen LogP contribution in [0.2, 0.25) is 0 Å². The van der Waals surface area contributed by atoms with Crippen LogP contribution < -0.4 is 5.32 Å². The predicted octanol–water partition coefficient (Wildman–Crippen LogP) is 8.71. The number of nitrogens with one attached hydrogen (secondary N) is 1. The van der Waals surface area contributed by atoms with Crippen LogP contribution >= 0.6 is 11.3 Å². The molecular formula is C32H19N3S. The summed E-state index contributed by atoms with van der Waals surface area (Å²) in [5, 5.41) is 10.4. The van der Waals surface area contributed by atoms with Crippen LogP contribution in [-0.4, -0.2) is 16.2 Å². The summed E-state index contributed by atoms with van der Waals surface area (Å²) >= 11 is 1.88. The van der Waals surface area contributed by atoms with Crippen LogP contribution in [0.4, 0.5) is 11.5 Å². The van der Waals surface area contributed by atoms with Gasteiger partial charge in [-0.1, -0.05) is 72.8 Å². The average Bonchev–Trinajstić information content (AvgIpc) is 3.57.